The van der Waals surface area contributed by atoms with Gasteiger partial charge in [-0.2, -0.15) is 13.2 Å². The molecular weight excluding hydrogens is 318 g/mol. The van der Waals surface area contributed by atoms with Gasteiger partial charge in [-0.05, 0) is 24.3 Å². The molecule has 124 valence electrons. The monoisotopic (exact) mass is 331 g/mol. The lowest BCUT2D eigenvalue weighted by Gasteiger charge is -2.29. The van der Waals surface area contributed by atoms with Gasteiger partial charge in [-0.3, -0.25) is 4.79 Å². The molecule has 0 spiro atoms. The van der Waals surface area contributed by atoms with E-state index < -0.39 is 35.7 Å². The zero-order valence-corrected chi connectivity index (χ0v) is 11.9. The molecule has 0 aliphatic heterocycles. The number of benzene rings is 1. The van der Waals surface area contributed by atoms with Gasteiger partial charge in [0.05, 0.1) is 6.42 Å². The van der Waals surface area contributed by atoms with Crippen LogP contribution >= 0.6 is 0 Å². The topological polar surface area (TPSA) is 67.1 Å². The molecule has 2 aromatic rings. The molecule has 1 amide bonds. The Labute approximate surface area is 128 Å². The minimum atomic E-state index is -5.10. The highest BCUT2D eigenvalue weighted by Gasteiger charge is 2.58. The van der Waals surface area contributed by atoms with E-state index >= 15 is 0 Å². The Bertz CT molecular complexity index is 697. The molecule has 1 heterocycles. The first-order valence-electron chi connectivity index (χ1n) is 6.46. The van der Waals surface area contributed by atoms with E-state index in [1.54, 1.807) is 0 Å². The van der Waals surface area contributed by atoms with Crippen molar-refractivity contribution < 1.29 is 27.5 Å². The van der Waals surface area contributed by atoms with Crippen molar-refractivity contribution in [3.63, 3.8) is 0 Å². The highest BCUT2D eigenvalue weighted by molar-refractivity contribution is 5.91. The van der Waals surface area contributed by atoms with E-state index in [4.69, 9.17) is 0 Å². The number of aromatic nitrogens is 2. The number of carbonyl (C=O) groups is 1. The molecule has 0 bridgehead atoms. The summed E-state index contributed by atoms with van der Waals surface area (Å²) in [5.41, 5.74) is -3.32. The fourth-order valence-corrected chi connectivity index (χ4v) is 2.04. The molecule has 0 radical (unpaired) electrons. The lowest BCUT2D eigenvalue weighted by molar-refractivity contribution is -0.270. The molecule has 0 aliphatic rings. The van der Waals surface area contributed by atoms with Crippen LogP contribution in [0.4, 0.5) is 23.2 Å². The smallest absolute Gasteiger partial charge is 0.374 e. The number of halogens is 4. The molecule has 0 aliphatic carbocycles. The van der Waals surface area contributed by atoms with Gasteiger partial charge in [0.2, 0.25) is 11.5 Å². The molecule has 0 saturated carbocycles. The minimum Gasteiger partial charge on any atom is -0.374 e. The predicted molar refractivity (Wildman–Crippen MR) is 72.8 cm³/mol. The Morgan fingerprint density at radius 3 is 2.39 bits per heavy atom. The van der Waals surface area contributed by atoms with Crippen LogP contribution in [0, 0.1) is 5.82 Å². The van der Waals surface area contributed by atoms with Gasteiger partial charge in [0, 0.05) is 25.1 Å². The number of nitrogens with one attached hydrogen (secondary N) is 1. The average molecular weight is 331 g/mol. The SMILES string of the molecule is Cn1ccnc1C(O)(CC(=O)Nc1ccc(F)cc1)C(F)(F)F. The highest BCUT2D eigenvalue weighted by atomic mass is 19.4. The van der Waals surface area contributed by atoms with Crippen molar-refractivity contribution in [1.82, 2.24) is 9.55 Å². The number of rotatable bonds is 4. The van der Waals surface area contributed by atoms with Crippen molar-refractivity contribution >= 4 is 11.6 Å². The van der Waals surface area contributed by atoms with E-state index in [1.165, 1.54) is 25.4 Å². The van der Waals surface area contributed by atoms with Gasteiger partial charge in [-0.15, -0.1) is 0 Å². The van der Waals surface area contributed by atoms with E-state index in [0.717, 1.165) is 22.9 Å². The van der Waals surface area contributed by atoms with Gasteiger partial charge >= 0.3 is 6.18 Å². The van der Waals surface area contributed by atoms with Gasteiger partial charge in [0.25, 0.3) is 0 Å². The Morgan fingerprint density at radius 2 is 1.91 bits per heavy atom. The van der Waals surface area contributed by atoms with Crippen LogP contribution in [0.3, 0.4) is 0 Å². The second kappa shape index (κ2) is 5.99. The first kappa shape index (κ1) is 16.9. The third-order valence-electron chi connectivity index (χ3n) is 3.20. The number of aliphatic hydroxyl groups is 1. The summed E-state index contributed by atoms with van der Waals surface area (Å²) in [5, 5.41) is 12.2. The number of alkyl halides is 3. The van der Waals surface area contributed by atoms with Gasteiger partial charge in [0.1, 0.15) is 5.82 Å². The van der Waals surface area contributed by atoms with Gasteiger partial charge in [-0.1, -0.05) is 0 Å². The lowest BCUT2D eigenvalue weighted by Crippen LogP contribution is -2.46. The Kier molecular flexibility index (Phi) is 4.42. The molecule has 1 aromatic carbocycles. The Morgan fingerprint density at radius 1 is 1.30 bits per heavy atom. The van der Waals surface area contributed by atoms with Crippen molar-refractivity contribution in [3.05, 3.63) is 48.3 Å². The van der Waals surface area contributed by atoms with Crippen LogP contribution in [-0.4, -0.2) is 26.7 Å². The van der Waals surface area contributed by atoms with E-state index in [-0.39, 0.29) is 5.69 Å². The minimum absolute atomic E-state index is 0.112. The van der Waals surface area contributed by atoms with Crippen LogP contribution in [0.2, 0.25) is 0 Å². The van der Waals surface area contributed by atoms with Crippen molar-refractivity contribution in [3.8, 4) is 0 Å². The molecule has 2 rings (SSSR count). The zero-order chi connectivity index (χ0) is 17.3. The van der Waals surface area contributed by atoms with Crippen LogP contribution in [0.15, 0.2) is 36.7 Å². The average Bonchev–Trinajstić information content (AvgIpc) is 2.86. The number of amides is 1. The van der Waals surface area contributed by atoms with Crippen LogP contribution in [0.5, 0.6) is 0 Å². The van der Waals surface area contributed by atoms with E-state index in [9.17, 15) is 27.5 Å². The molecule has 9 heteroatoms. The molecule has 0 saturated heterocycles. The van der Waals surface area contributed by atoms with Gasteiger partial charge < -0.3 is 15.0 Å². The fraction of sp³-hybridized carbons (Fsp3) is 0.286. The maximum atomic E-state index is 13.3. The number of anilines is 1. The molecular formula is C14H13F4N3O2. The number of hydrogen-bond donors (Lipinski definition) is 2. The van der Waals surface area contributed by atoms with E-state index in [2.05, 4.69) is 10.3 Å². The fourth-order valence-electron chi connectivity index (χ4n) is 2.04. The summed E-state index contributed by atoms with van der Waals surface area (Å²) in [6, 6.07) is 4.48. The number of nitrogens with zero attached hydrogens (tertiary/aromatic N) is 2. The summed E-state index contributed by atoms with van der Waals surface area (Å²) in [6.45, 7) is 0. The molecule has 1 aromatic heterocycles. The summed E-state index contributed by atoms with van der Waals surface area (Å²) < 4.78 is 53.6. The van der Waals surface area contributed by atoms with Gasteiger partial charge in [-0.25, -0.2) is 9.37 Å². The van der Waals surface area contributed by atoms with E-state index in [0.29, 0.717) is 0 Å². The quantitative estimate of drug-likeness (QED) is 0.845. The molecule has 1 atom stereocenters. The molecule has 1 unspecified atom stereocenters. The van der Waals surface area contributed by atoms with Crippen molar-refractivity contribution in [2.75, 3.05) is 5.32 Å². The number of aryl methyl sites for hydroxylation is 1. The summed E-state index contributed by atoms with van der Waals surface area (Å²) in [6.07, 6.45) is -4.07. The normalized spacial score (nSPS) is 14.3. The Balaban J connectivity index is 2.23. The van der Waals surface area contributed by atoms with Crippen molar-refractivity contribution in [2.45, 2.75) is 18.2 Å². The zero-order valence-electron chi connectivity index (χ0n) is 11.9. The first-order chi connectivity index (χ1) is 10.6. The largest absolute Gasteiger partial charge is 0.425 e. The molecule has 5 nitrogen and oxygen atoms in total. The van der Waals surface area contributed by atoms with Crippen LogP contribution in [0.25, 0.3) is 0 Å². The Hall–Kier alpha value is -2.42. The lowest BCUT2D eigenvalue weighted by atomic mass is 9.97. The summed E-state index contributed by atoms with van der Waals surface area (Å²) in [7, 11) is 1.27. The standard InChI is InChI=1S/C14H13F4N3O2/c1-21-7-6-19-12(21)13(23,14(16,17)18)8-11(22)20-10-4-2-9(15)3-5-10/h2-7,23H,8H2,1H3,(H,20,22). The number of carbonyl (C=O) groups excluding carboxylic acids is 1. The second-order valence-electron chi connectivity index (χ2n) is 4.95. The second-order valence-corrected chi connectivity index (χ2v) is 4.95. The van der Waals surface area contributed by atoms with Gasteiger partial charge in [0.15, 0.2) is 5.82 Å². The summed E-state index contributed by atoms with van der Waals surface area (Å²) in [5.74, 6) is -2.33. The number of hydrogen-bond acceptors (Lipinski definition) is 3. The first-order valence-corrected chi connectivity index (χ1v) is 6.46. The molecule has 0 fully saturated rings. The van der Waals surface area contributed by atoms with Crippen molar-refractivity contribution in [2.24, 2.45) is 7.05 Å². The third kappa shape index (κ3) is 3.50. The van der Waals surface area contributed by atoms with Crippen LogP contribution in [-0.2, 0) is 17.4 Å². The van der Waals surface area contributed by atoms with E-state index in [1.807, 2.05) is 0 Å². The number of imidazole rings is 1. The predicted octanol–water partition coefficient (Wildman–Crippen LogP) is 2.34. The van der Waals surface area contributed by atoms with Crippen LogP contribution < -0.4 is 5.32 Å². The molecule has 2 N–H and O–H groups in total. The maximum absolute atomic E-state index is 13.3. The van der Waals surface area contributed by atoms with Crippen molar-refractivity contribution in [1.29, 1.82) is 0 Å². The third-order valence-corrected chi connectivity index (χ3v) is 3.20. The van der Waals surface area contributed by atoms with Crippen LogP contribution in [0.1, 0.15) is 12.2 Å². The highest BCUT2D eigenvalue weighted by Crippen LogP contribution is 2.40. The summed E-state index contributed by atoms with van der Waals surface area (Å²) >= 11 is 0. The summed E-state index contributed by atoms with van der Waals surface area (Å²) in [4.78, 5) is 15.4. The maximum Gasteiger partial charge on any atom is 0.425 e. The molecule has 23 heavy (non-hydrogen) atoms.